The Bertz CT molecular complexity index is 2060. The molecule has 2 aromatic carbocycles. The van der Waals surface area contributed by atoms with Crippen molar-refractivity contribution >= 4 is 98.6 Å². The van der Waals surface area contributed by atoms with E-state index in [1.165, 1.54) is 9.42 Å². The molecular formula is C31H26Cl6N8O2. The summed E-state index contributed by atoms with van der Waals surface area (Å²) in [5.74, 6) is 1.16. The lowest BCUT2D eigenvalue weighted by molar-refractivity contribution is 0.0575. The van der Waals surface area contributed by atoms with Gasteiger partial charge in [-0.3, -0.25) is 4.90 Å². The summed E-state index contributed by atoms with van der Waals surface area (Å²) < 4.78 is 8.76. The number of carbonyl (C=O) groups excluding carboxylic acids is 1. The van der Waals surface area contributed by atoms with Crippen molar-refractivity contribution in [1.82, 2.24) is 29.2 Å². The van der Waals surface area contributed by atoms with E-state index in [-0.39, 0.29) is 11.7 Å². The van der Waals surface area contributed by atoms with Gasteiger partial charge in [0.15, 0.2) is 11.3 Å². The lowest BCUT2D eigenvalue weighted by Crippen LogP contribution is -2.37. The molecule has 47 heavy (non-hydrogen) atoms. The first-order valence-corrected chi connectivity index (χ1v) is 16.2. The van der Waals surface area contributed by atoms with Gasteiger partial charge in [-0.05, 0) is 56.2 Å². The highest BCUT2D eigenvalue weighted by molar-refractivity contribution is 6.35. The van der Waals surface area contributed by atoms with E-state index in [0.29, 0.717) is 54.5 Å². The Morgan fingerprint density at radius 3 is 1.91 bits per heavy atom. The normalized spacial score (nSPS) is 11.3. The maximum Gasteiger partial charge on any atom is 0.416 e. The largest absolute Gasteiger partial charge is 0.443 e. The molecule has 0 aliphatic heterocycles. The van der Waals surface area contributed by atoms with Crippen LogP contribution in [0, 0.1) is 0 Å². The van der Waals surface area contributed by atoms with Crippen LogP contribution in [0.5, 0.6) is 0 Å². The first kappa shape index (κ1) is 34.8. The topological polar surface area (TPSA) is 102 Å². The summed E-state index contributed by atoms with van der Waals surface area (Å²) in [7, 11) is 0. The van der Waals surface area contributed by atoms with Crippen molar-refractivity contribution in [3.63, 3.8) is 0 Å². The number of hydrogen-bond acceptors (Lipinski definition) is 7. The standard InChI is InChI=1S/C18H17Cl3N4O2.C13H9Cl3N4/c1-18(2,3)27-17(26)24(10-11-4-5-12(19)8-13(11)20)16-9-14(21)23-15-6-7-22-25(15)16;14-9-2-1-8(10(15)5-9)7-17-13-6-11(16)19-12-3-4-18-20(12)13/h4-9H,10H2,1-3H3;1-6,17H,7H2. The molecular weight excluding hydrogens is 729 g/mol. The maximum absolute atomic E-state index is 12.9. The van der Waals surface area contributed by atoms with Gasteiger partial charge in [0, 0.05) is 50.9 Å². The summed E-state index contributed by atoms with van der Waals surface area (Å²) in [5, 5.41) is 14.5. The minimum Gasteiger partial charge on any atom is -0.443 e. The second-order valence-corrected chi connectivity index (χ2v) is 13.5. The van der Waals surface area contributed by atoms with Gasteiger partial charge >= 0.3 is 6.09 Å². The molecule has 1 amide bonds. The molecule has 1 N–H and O–H groups in total. The van der Waals surface area contributed by atoms with Crippen molar-refractivity contribution in [2.75, 3.05) is 10.2 Å². The van der Waals surface area contributed by atoms with E-state index in [1.807, 2.05) is 6.07 Å². The third kappa shape index (κ3) is 8.90. The summed E-state index contributed by atoms with van der Waals surface area (Å²) >= 11 is 36.4. The molecule has 0 spiro atoms. The van der Waals surface area contributed by atoms with E-state index >= 15 is 0 Å². The van der Waals surface area contributed by atoms with E-state index < -0.39 is 11.7 Å². The number of anilines is 2. The van der Waals surface area contributed by atoms with E-state index in [1.54, 1.807) is 92.3 Å². The molecule has 0 fully saturated rings. The monoisotopic (exact) mass is 752 g/mol. The number of fused-ring (bicyclic) bond motifs is 2. The van der Waals surface area contributed by atoms with Crippen LogP contribution in [0.15, 0.2) is 73.1 Å². The number of hydrogen-bond donors (Lipinski definition) is 1. The molecule has 6 aromatic rings. The smallest absolute Gasteiger partial charge is 0.416 e. The van der Waals surface area contributed by atoms with Gasteiger partial charge in [-0.2, -0.15) is 19.2 Å². The number of ether oxygens (including phenoxy) is 1. The van der Waals surface area contributed by atoms with Crippen LogP contribution in [-0.4, -0.2) is 40.9 Å². The molecule has 10 nitrogen and oxygen atoms in total. The highest BCUT2D eigenvalue weighted by Gasteiger charge is 2.27. The molecule has 244 valence electrons. The van der Waals surface area contributed by atoms with Gasteiger partial charge in [-0.1, -0.05) is 81.7 Å². The van der Waals surface area contributed by atoms with E-state index in [4.69, 9.17) is 74.3 Å². The molecule has 16 heteroatoms. The molecule has 0 bridgehead atoms. The van der Waals surface area contributed by atoms with Crippen LogP contribution in [0.1, 0.15) is 31.9 Å². The molecule has 0 aliphatic carbocycles. The number of benzene rings is 2. The zero-order valence-electron chi connectivity index (χ0n) is 25.1. The molecule has 6 rings (SSSR count). The third-order valence-corrected chi connectivity index (χ3v) is 7.91. The SMILES string of the molecule is CC(C)(C)OC(=O)N(Cc1ccc(Cl)cc1Cl)c1cc(Cl)nc2ccnn12.Clc1ccc(CNc2cc(Cl)nc3ccnn23)c(Cl)c1. The lowest BCUT2D eigenvalue weighted by atomic mass is 10.2. The molecule has 0 saturated heterocycles. The highest BCUT2D eigenvalue weighted by atomic mass is 35.5. The number of aromatic nitrogens is 6. The van der Waals surface area contributed by atoms with Gasteiger partial charge in [-0.25, -0.2) is 14.8 Å². The molecule has 4 aromatic heterocycles. The maximum atomic E-state index is 12.9. The van der Waals surface area contributed by atoms with Gasteiger partial charge in [0.25, 0.3) is 0 Å². The van der Waals surface area contributed by atoms with Crippen LogP contribution in [0.3, 0.4) is 0 Å². The van der Waals surface area contributed by atoms with E-state index in [0.717, 1.165) is 11.4 Å². The van der Waals surface area contributed by atoms with E-state index in [2.05, 4.69) is 25.5 Å². The van der Waals surface area contributed by atoms with Crippen molar-refractivity contribution in [2.24, 2.45) is 0 Å². The van der Waals surface area contributed by atoms with Gasteiger partial charge in [0.05, 0.1) is 18.9 Å². The van der Waals surface area contributed by atoms with Gasteiger partial charge < -0.3 is 10.1 Å². The van der Waals surface area contributed by atoms with Crippen LogP contribution in [0.2, 0.25) is 30.4 Å². The highest BCUT2D eigenvalue weighted by Crippen LogP contribution is 2.28. The molecule has 0 unspecified atom stereocenters. The first-order chi connectivity index (χ1) is 22.3. The number of nitrogens with zero attached hydrogens (tertiary/aromatic N) is 7. The third-order valence-electron chi connectivity index (χ3n) is 6.35. The molecule has 0 saturated carbocycles. The summed E-state index contributed by atoms with van der Waals surface area (Å²) in [4.78, 5) is 22.7. The van der Waals surface area contributed by atoms with Gasteiger partial charge in [0.2, 0.25) is 0 Å². The van der Waals surface area contributed by atoms with E-state index in [9.17, 15) is 4.79 Å². The predicted molar refractivity (Wildman–Crippen MR) is 189 cm³/mol. The average Bonchev–Trinajstić information content (AvgIpc) is 3.65. The lowest BCUT2D eigenvalue weighted by Gasteiger charge is -2.28. The van der Waals surface area contributed by atoms with Crippen LogP contribution < -0.4 is 10.2 Å². The number of nitrogens with one attached hydrogen (secondary N) is 1. The molecule has 0 radical (unpaired) electrons. The molecule has 4 heterocycles. The Balaban J connectivity index is 0.000000193. The summed E-state index contributed by atoms with van der Waals surface area (Å²) in [5.41, 5.74) is 2.14. The van der Waals surface area contributed by atoms with Crippen molar-refractivity contribution in [1.29, 1.82) is 0 Å². The van der Waals surface area contributed by atoms with Crippen molar-refractivity contribution in [2.45, 2.75) is 39.5 Å². The van der Waals surface area contributed by atoms with Crippen LogP contribution in [0.25, 0.3) is 11.3 Å². The fourth-order valence-electron chi connectivity index (χ4n) is 4.29. The summed E-state index contributed by atoms with van der Waals surface area (Å²) in [6.07, 6.45) is 2.68. The predicted octanol–water partition coefficient (Wildman–Crippen LogP) is 9.93. The number of halogens is 6. The molecule has 0 atom stereocenters. The quantitative estimate of drug-likeness (QED) is 0.169. The number of rotatable bonds is 6. The average molecular weight is 755 g/mol. The van der Waals surface area contributed by atoms with Crippen molar-refractivity contribution in [3.05, 3.63) is 115 Å². The van der Waals surface area contributed by atoms with Crippen molar-refractivity contribution < 1.29 is 9.53 Å². The van der Waals surface area contributed by atoms with Gasteiger partial charge in [-0.15, -0.1) is 0 Å². The zero-order chi connectivity index (χ0) is 33.9. The van der Waals surface area contributed by atoms with Crippen LogP contribution >= 0.6 is 69.6 Å². The number of carbonyl (C=O) groups is 1. The summed E-state index contributed by atoms with van der Waals surface area (Å²) in [6.45, 7) is 6.05. The fraction of sp³-hybridized carbons (Fsp3) is 0.194. The van der Waals surface area contributed by atoms with Gasteiger partial charge in [0.1, 0.15) is 27.5 Å². The first-order valence-electron chi connectivity index (χ1n) is 13.9. The van der Waals surface area contributed by atoms with Crippen LogP contribution in [-0.2, 0) is 17.8 Å². The van der Waals surface area contributed by atoms with Crippen LogP contribution in [0.4, 0.5) is 16.4 Å². The minimum atomic E-state index is -0.681. The number of amides is 1. The summed E-state index contributed by atoms with van der Waals surface area (Å²) in [6, 6.07) is 17.2. The second-order valence-electron chi connectivity index (χ2n) is 11.0. The Kier molecular flexibility index (Phi) is 10.9. The second kappa shape index (κ2) is 14.7. The Morgan fingerprint density at radius 1 is 0.766 bits per heavy atom. The Hall–Kier alpha value is -3.51. The van der Waals surface area contributed by atoms with Crippen molar-refractivity contribution in [3.8, 4) is 0 Å². The minimum absolute atomic E-state index is 0.139. The Labute approximate surface area is 300 Å². The molecule has 0 aliphatic rings. The Morgan fingerprint density at radius 2 is 1.32 bits per heavy atom. The zero-order valence-corrected chi connectivity index (χ0v) is 29.6. The fourth-order valence-corrected chi connectivity index (χ4v) is 5.61.